The minimum absolute atomic E-state index is 0.0765. The summed E-state index contributed by atoms with van der Waals surface area (Å²) in [5, 5.41) is 14.6. The number of carbonyl (C=O) groups excluding carboxylic acids is 2. The number of nitrogens with one attached hydrogen (secondary N) is 2. The van der Waals surface area contributed by atoms with E-state index in [2.05, 4.69) is 10.6 Å². The van der Waals surface area contributed by atoms with Gasteiger partial charge in [-0.2, -0.15) is 8.78 Å². The van der Waals surface area contributed by atoms with E-state index in [9.17, 15) is 23.5 Å². The van der Waals surface area contributed by atoms with Crippen molar-refractivity contribution in [3.8, 4) is 0 Å². The number of benzene rings is 1. The Morgan fingerprint density at radius 1 is 1.29 bits per heavy atom. The van der Waals surface area contributed by atoms with E-state index < -0.39 is 17.4 Å². The van der Waals surface area contributed by atoms with Crippen molar-refractivity contribution in [1.29, 1.82) is 0 Å². The van der Waals surface area contributed by atoms with Crippen LogP contribution >= 0.6 is 0 Å². The van der Waals surface area contributed by atoms with E-state index in [1.807, 2.05) is 0 Å². The topological polar surface area (TPSA) is 78.4 Å². The molecule has 0 spiro atoms. The molecule has 2 rings (SSSR count). The maximum atomic E-state index is 14.1. The molecule has 1 saturated carbocycles. The van der Waals surface area contributed by atoms with Gasteiger partial charge in [0.1, 0.15) is 5.60 Å². The molecule has 0 saturated heterocycles. The molecule has 1 aromatic carbocycles. The minimum atomic E-state index is -3.88. The normalized spacial score (nSPS) is 16.5. The fourth-order valence-corrected chi connectivity index (χ4v) is 2.53. The molecule has 24 heavy (non-hydrogen) atoms. The number of aliphatic hydroxyl groups is 1. The van der Waals surface area contributed by atoms with Gasteiger partial charge in [-0.3, -0.25) is 9.59 Å². The third-order valence-corrected chi connectivity index (χ3v) is 4.21. The van der Waals surface area contributed by atoms with E-state index in [-0.39, 0.29) is 30.5 Å². The second-order valence-corrected chi connectivity index (χ2v) is 6.57. The van der Waals surface area contributed by atoms with Crippen molar-refractivity contribution in [2.24, 2.45) is 0 Å². The molecule has 1 aliphatic carbocycles. The van der Waals surface area contributed by atoms with E-state index in [0.717, 1.165) is 0 Å². The second kappa shape index (κ2) is 6.47. The highest BCUT2D eigenvalue weighted by atomic mass is 19.3. The Balaban J connectivity index is 2.18. The Morgan fingerprint density at radius 3 is 2.42 bits per heavy atom. The fraction of sp³-hybridized carbons (Fsp3) is 0.529. The van der Waals surface area contributed by atoms with E-state index in [4.69, 9.17) is 0 Å². The smallest absolute Gasteiger partial charge is 0.352 e. The Kier molecular flexibility index (Phi) is 4.94. The fourth-order valence-electron chi connectivity index (χ4n) is 2.53. The van der Waals surface area contributed by atoms with Crippen molar-refractivity contribution in [3.63, 3.8) is 0 Å². The molecule has 1 aromatic rings. The van der Waals surface area contributed by atoms with Gasteiger partial charge in [0, 0.05) is 17.3 Å². The number of rotatable bonds is 5. The Labute approximate surface area is 139 Å². The highest BCUT2D eigenvalue weighted by molar-refractivity contribution is 6.00. The SMILES string of the molecule is Cc1ccc(NC(=O)C(F)(F)C2(O)CCC2)cc1C(=O)NC(C)C. The molecule has 0 unspecified atom stereocenters. The second-order valence-electron chi connectivity index (χ2n) is 6.57. The van der Waals surface area contributed by atoms with Crippen LogP contribution < -0.4 is 10.6 Å². The number of hydrogen-bond acceptors (Lipinski definition) is 3. The molecule has 1 aliphatic rings. The predicted molar refractivity (Wildman–Crippen MR) is 86.2 cm³/mol. The largest absolute Gasteiger partial charge is 0.383 e. The molecule has 0 aliphatic heterocycles. The Hall–Kier alpha value is -2.02. The molecule has 2 amide bonds. The van der Waals surface area contributed by atoms with Gasteiger partial charge in [-0.1, -0.05) is 6.07 Å². The number of amides is 2. The highest BCUT2D eigenvalue weighted by Gasteiger charge is 2.61. The maximum Gasteiger partial charge on any atom is 0.352 e. The van der Waals surface area contributed by atoms with Crippen molar-refractivity contribution >= 4 is 17.5 Å². The van der Waals surface area contributed by atoms with Crippen LogP contribution in [0.2, 0.25) is 0 Å². The number of hydrogen-bond donors (Lipinski definition) is 3. The molecule has 0 heterocycles. The van der Waals surface area contributed by atoms with E-state index in [1.54, 1.807) is 26.8 Å². The van der Waals surface area contributed by atoms with Gasteiger partial charge >= 0.3 is 5.92 Å². The average molecular weight is 340 g/mol. The Morgan fingerprint density at radius 2 is 1.92 bits per heavy atom. The molecule has 132 valence electrons. The van der Waals surface area contributed by atoms with Gasteiger partial charge < -0.3 is 15.7 Å². The summed E-state index contributed by atoms with van der Waals surface area (Å²) < 4.78 is 28.2. The van der Waals surface area contributed by atoms with Crippen LogP contribution in [0, 0.1) is 6.92 Å². The summed E-state index contributed by atoms with van der Waals surface area (Å²) in [7, 11) is 0. The summed E-state index contributed by atoms with van der Waals surface area (Å²) in [5.74, 6) is -5.79. The summed E-state index contributed by atoms with van der Waals surface area (Å²) >= 11 is 0. The van der Waals surface area contributed by atoms with Gasteiger partial charge in [-0.05, 0) is 57.7 Å². The van der Waals surface area contributed by atoms with Crippen LogP contribution in [0.15, 0.2) is 18.2 Å². The average Bonchev–Trinajstić information content (AvgIpc) is 2.45. The summed E-state index contributed by atoms with van der Waals surface area (Å²) in [6, 6.07) is 4.29. The highest BCUT2D eigenvalue weighted by Crippen LogP contribution is 2.44. The molecule has 5 nitrogen and oxygen atoms in total. The quantitative estimate of drug-likeness (QED) is 0.771. The summed E-state index contributed by atoms with van der Waals surface area (Å²) in [5.41, 5.74) is -1.23. The standard InChI is InChI=1S/C17H22F2N2O3/c1-10(2)20-14(22)13-9-12(6-5-11(13)3)21-15(23)17(18,19)16(24)7-4-8-16/h5-6,9-10,24H,4,7-8H2,1-3H3,(H,20,22)(H,21,23). The van der Waals surface area contributed by atoms with Crippen LogP contribution in [0.5, 0.6) is 0 Å². The van der Waals surface area contributed by atoms with Gasteiger partial charge in [0.15, 0.2) is 0 Å². The van der Waals surface area contributed by atoms with Gasteiger partial charge in [0.2, 0.25) is 0 Å². The molecular formula is C17H22F2N2O3. The van der Waals surface area contributed by atoms with E-state index in [1.165, 1.54) is 12.1 Å². The van der Waals surface area contributed by atoms with E-state index in [0.29, 0.717) is 17.5 Å². The zero-order valence-corrected chi connectivity index (χ0v) is 14.0. The van der Waals surface area contributed by atoms with Crippen LogP contribution in [0.3, 0.4) is 0 Å². The number of aryl methyl sites for hydroxylation is 1. The molecule has 0 atom stereocenters. The molecule has 3 N–H and O–H groups in total. The lowest BCUT2D eigenvalue weighted by Gasteiger charge is -2.41. The van der Waals surface area contributed by atoms with Crippen LogP contribution in [-0.2, 0) is 4.79 Å². The van der Waals surface area contributed by atoms with Gasteiger partial charge in [-0.15, -0.1) is 0 Å². The van der Waals surface area contributed by atoms with Crippen molar-refractivity contribution in [2.45, 2.75) is 57.6 Å². The van der Waals surface area contributed by atoms with Gasteiger partial charge in [-0.25, -0.2) is 0 Å². The molecule has 1 fully saturated rings. The zero-order chi connectivity index (χ0) is 18.1. The van der Waals surface area contributed by atoms with Gasteiger partial charge in [0.25, 0.3) is 11.8 Å². The molecule has 0 bridgehead atoms. The van der Waals surface area contributed by atoms with Crippen LogP contribution in [-0.4, -0.2) is 34.5 Å². The first-order chi connectivity index (χ1) is 11.1. The summed E-state index contributed by atoms with van der Waals surface area (Å²) in [6.45, 7) is 5.32. The zero-order valence-electron chi connectivity index (χ0n) is 14.0. The summed E-state index contributed by atoms with van der Waals surface area (Å²) in [6.07, 6.45) is 0.246. The first kappa shape index (κ1) is 18.3. The number of anilines is 1. The van der Waals surface area contributed by atoms with Crippen LogP contribution in [0.25, 0.3) is 0 Å². The molecule has 0 radical (unpaired) electrons. The lowest BCUT2D eigenvalue weighted by molar-refractivity contribution is -0.212. The monoisotopic (exact) mass is 340 g/mol. The maximum absolute atomic E-state index is 14.1. The van der Waals surface area contributed by atoms with Crippen LogP contribution in [0.1, 0.15) is 49.0 Å². The Bertz CT molecular complexity index is 655. The molecular weight excluding hydrogens is 318 g/mol. The number of carbonyl (C=O) groups is 2. The third kappa shape index (κ3) is 3.40. The van der Waals surface area contributed by atoms with E-state index >= 15 is 0 Å². The lowest BCUT2D eigenvalue weighted by Crippen LogP contribution is -2.59. The molecule has 0 aromatic heterocycles. The first-order valence-electron chi connectivity index (χ1n) is 7.90. The van der Waals surface area contributed by atoms with Crippen molar-refractivity contribution in [1.82, 2.24) is 5.32 Å². The molecule has 7 heteroatoms. The van der Waals surface area contributed by atoms with Crippen molar-refractivity contribution < 1.29 is 23.5 Å². The summed E-state index contributed by atoms with van der Waals surface area (Å²) in [4.78, 5) is 24.0. The van der Waals surface area contributed by atoms with Crippen LogP contribution in [0.4, 0.5) is 14.5 Å². The lowest BCUT2D eigenvalue weighted by atomic mass is 9.75. The van der Waals surface area contributed by atoms with Gasteiger partial charge in [0.05, 0.1) is 0 Å². The minimum Gasteiger partial charge on any atom is -0.383 e. The number of alkyl halides is 2. The third-order valence-electron chi connectivity index (χ3n) is 4.21. The van der Waals surface area contributed by atoms with Crippen molar-refractivity contribution in [3.05, 3.63) is 29.3 Å². The van der Waals surface area contributed by atoms with Crippen molar-refractivity contribution in [2.75, 3.05) is 5.32 Å². The first-order valence-corrected chi connectivity index (χ1v) is 7.90. The number of halogens is 2. The predicted octanol–water partition coefficient (Wildman–Crippen LogP) is 2.62.